The number of sulfonamides is 1. The van der Waals surface area contributed by atoms with E-state index in [1.807, 2.05) is 0 Å². The molecule has 110 valence electrons. The van der Waals surface area contributed by atoms with E-state index in [0.717, 1.165) is 25.0 Å². The summed E-state index contributed by atoms with van der Waals surface area (Å²) >= 11 is 5.91. The standard InChI is InChI=1S/C13H16ClFN2O2S/c14-12-5-8(15)1-4-13(12)20(18,19)17-10-2-3-11(17)7-9(16)6-10/h1,4-5,9-11H,2-3,6-7,16H2. The second kappa shape index (κ2) is 4.94. The van der Waals surface area contributed by atoms with Crippen LogP contribution in [0, 0.1) is 5.82 Å². The summed E-state index contributed by atoms with van der Waals surface area (Å²) in [5.74, 6) is -0.544. The molecule has 1 aromatic carbocycles. The predicted molar refractivity (Wildman–Crippen MR) is 74.5 cm³/mol. The van der Waals surface area contributed by atoms with Crippen LogP contribution in [0.15, 0.2) is 23.1 Å². The maximum atomic E-state index is 13.1. The number of halogens is 2. The number of benzene rings is 1. The average molecular weight is 319 g/mol. The van der Waals surface area contributed by atoms with Crippen molar-refractivity contribution in [2.75, 3.05) is 0 Å². The Kier molecular flexibility index (Phi) is 3.52. The van der Waals surface area contributed by atoms with Crippen molar-refractivity contribution in [3.05, 3.63) is 29.0 Å². The van der Waals surface area contributed by atoms with Crippen molar-refractivity contribution in [1.82, 2.24) is 4.31 Å². The van der Waals surface area contributed by atoms with Crippen LogP contribution >= 0.6 is 11.6 Å². The molecule has 2 saturated heterocycles. The molecule has 0 spiro atoms. The molecule has 2 atom stereocenters. The molecular formula is C13H16ClFN2O2S. The third-order valence-corrected chi connectivity index (χ3v) is 6.64. The molecule has 0 radical (unpaired) electrons. The third-order valence-electron chi connectivity index (χ3n) is 4.15. The van der Waals surface area contributed by atoms with Crippen molar-refractivity contribution in [1.29, 1.82) is 0 Å². The van der Waals surface area contributed by atoms with Crippen LogP contribution in [0.2, 0.25) is 5.02 Å². The molecule has 2 unspecified atom stereocenters. The molecule has 2 aliphatic heterocycles. The lowest BCUT2D eigenvalue weighted by Gasteiger charge is -2.36. The summed E-state index contributed by atoms with van der Waals surface area (Å²) in [6.45, 7) is 0. The minimum Gasteiger partial charge on any atom is -0.328 e. The van der Waals surface area contributed by atoms with Crippen LogP contribution < -0.4 is 5.73 Å². The van der Waals surface area contributed by atoms with Crippen LogP contribution in [0.3, 0.4) is 0 Å². The Balaban J connectivity index is 2.01. The number of piperidine rings is 1. The first-order valence-electron chi connectivity index (χ1n) is 6.64. The van der Waals surface area contributed by atoms with Gasteiger partial charge >= 0.3 is 0 Å². The highest BCUT2D eigenvalue weighted by molar-refractivity contribution is 7.89. The smallest absolute Gasteiger partial charge is 0.245 e. The monoisotopic (exact) mass is 318 g/mol. The molecule has 2 fully saturated rings. The predicted octanol–water partition coefficient (Wildman–Crippen LogP) is 2.12. The van der Waals surface area contributed by atoms with Crippen molar-refractivity contribution in [3.8, 4) is 0 Å². The zero-order chi connectivity index (χ0) is 14.5. The minimum atomic E-state index is -3.69. The molecule has 20 heavy (non-hydrogen) atoms. The summed E-state index contributed by atoms with van der Waals surface area (Å²) in [6.07, 6.45) is 3.01. The highest BCUT2D eigenvalue weighted by Gasteiger charge is 2.46. The fourth-order valence-electron chi connectivity index (χ4n) is 3.37. The molecule has 0 aliphatic carbocycles. The van der Waals surface area contributed by atoms with Crippen LogP contribution in [0.25, 0.3) is 0 Å². The van der Waals surface area contributed by atoms with E-state index in [1.54, 1.807) is 0 Å². The number of nitrogens with two attached hydrogens (primary N) is 1. The Morgan fingerprint density at radius 1 is 1.25 bits per heavy atom. The second-order valence-corrected chi connectivity index (χ2v) is 7.74. The molecule has 0 saturated carbocycles. The molecule has 4 nitrogen and oxygen atoms in total. The Morgan fingerprint density at radius 2 is 1.85 bits per heavy atom. The van der Waals surface area contributed by atoms with E-state index in [2.05, 4.69) is 0 Å². The van der Waals surface area contributed by atoms with Crippen LogP contribution in [-0.4, -0.2) is 30.8 Å². The summed E-state index contributed by atoms with van der Waals surface area (Å²) in [4.78, 5) is -0.0204. The highest BCUT2D eigenvalue weighted by Crippen LogP contribution is 2.40. The van der Waals surface area contributed by atoms with E-state index in [9.17, 15) is 12.8 Å². The van der Waals surface area contributed by atoms with E-state index in [4.69, 9.17) is 17.3 Å². The summed E-state index contributed by atoms with van der Waals surface area (Å²) in [5.41, 5.74) is 5.95. The first kappa shape index (κ1) is 14.3. The van der Waals surface area contributed by atoms with Gasteiger partial charge in [0, 0.05) is 18.1 Å². The van der Waals surface area contributed by atoms with Crippen LogP contribution in [0.4, 0.5) is 4.39 Å². The van der Waals surface area contributed by atoms with Crippen molar-refractivity contribution in [3.63, 3.8) is 0 Å². The van der Waals surface area contributed by atoms with Crippen LogP contribution in [0.1, 0.15) is 25.7 Å². The van der Waals surface area contributed by atoms with Gasteiger partial charge < -0.3 is 5.73 Å². The number of hydrogen-bond acceptors (Lipinski definition) is 3. The molecule has 2 N–H and O–H groups in total. The maximum absolute atomic E-state index is 13.1. The summed E-state index contributed by atoms with van der Waals surface area (Å²) in [5, 5.41) is -0.0701. The van der Waals surface area contributed by atoms with Crippen LogP contribution in [0.5, 0.6) is 0 Å². The fourth-order valence-corrected chi connectivity index (χ4v) is 5.77. The quantitative estimate of drug-likeness (QED) is 0.908. The van der Waals surface area contributed by atoms with Crippen molar-refractivity contribution < 1.29 is 12.8 Å². The number of nitrogens with zero attached hydrogens (tertiary/aromatic N) is 1. The lowest BCUT2D eigenvalue weighted by Crippen LogP contribution is -2.50. The zero-order valence-corrected chi connectivity index (χ0v) is 12.4. The van der Waals surface area contributed by atoms with E-state index in [0.29, 0.717) is 12.8 Å². The van der Waals surface area contributed by atoms with E-state index >= 15 is 0 Å². The fraction of sp³-hybridized carbons (Fsp3) is 0.538. The van der Waals surface area contributed by atoms with Gasteiger partial charge in [-0.3, -0.25) is 0 Å². The van der Waals surface area contributed by atoms with E-state index in [-0.39, 0.29) is 28.0 Å². The lowest BCUT2D eigenvalue weighted by molar-refractivity contribution is 0.227. The van der Waals surface area contributed by atoms with Crippen molar-refractivity contribution in [2.24, 2.45) is 5.73 Å². The van der Waals surface area contributed by atoms with Gasteiger partial charge in [-0.1, -0.05) is 11.6 Å². The van der Waals surface area contributed by atoms with Gasteiger partial charge in [-0.15, -0.1) is 0 Å². The first-order chi connectivity index (χ1) is 9.39. The van der Waals surface area contributed by atoms with Gasteiger partial charge in [0.05, 0.1) is 5.02 Å². The van der Waals surface area contributed by atoms with Gasteiger partial charge in [-0.05, 0) is 43.9 Å². The van der Waals surface area contributed by atoms with Crippen LogP contribution in [-0.2, 0) is 10.0 Å². The molecule has 1 aromatic rings. The molecule has 0 aromatic heterocycles. The average Bonchev–Trinajstić information content (AvgIpc) is 2.62. The van der Waals surface area contributed by atoms with Gasteiger partial charge in [0.15, 0.2) is 0 Å². The molecule has 2 heterocycles. The van der Waals surface area contributed by atoms with E-state index < -0.39 is 15.8 Å². The summed E-state index contributed by atoms with van der Waals surface area (Å²) in [7, 11) is -3.69. The Morgan fingerprint density at radius 3 is 2.40 bits per heavy atom. The zero-order valence-electron chi connectivity index (χ0n) is 10.8. The largest absolute Gasteiger partial charge is 0.328 e. The maximum Gasteiger partial charge on any atom is 0.245 e. The van der Waals surface area contributed by atoms with Gasteiger partial charge in [0.25, 0.3) is 0 Å². The molecule has 0 amide bonds. The number of hydrogen-bond donors (Lipinski definition) is 1. The van der Waals surface area contributed by atoms with Crippen molar-refractivity contribution in [2.45, 2.75) is 48.7 Å². The summed E-state index contributed by atoms with van der Waals surface area (Å²) < 4.78 is 40.2. The Hall–Kier alpha value is -0.690. The highest BCUT2D eigenvalue weighted by atomic mass is 35.5. The minimum absolute atomic E-state index is 0.0204. The molecule has 2 bridgehead atoms. The molecule has 7 heteroatoms. The van der Waals surface area contributed by atoms with Crippen molar-refractivity contribution >= 4 is 21.6 Å². The Bertz CT molecular complexity index is 623. The molecular weight excluding hydrogens is 303 g/mol. The third kappa shape index (κ3) is 2.24. The molecule has 2 aliphatic rings. The van der Waals surface area contributed by atoms with Gasteiger partial charge in [0.2, 0.25) is 10.0 Å². The number of fused-ring (bicyclic) bond motifs is 2. The van der Waals surface area contributed by atoms with Gasteiger partial charge in [-0.25, -0.2) is 12.8 Å². The van der Waals surface area contributed by atoms with E-state index in [1.165, 1.54) is 10.4 Å². The van der Waals surface area contributed by atoms with Gasteiger partial charge in [0.1, 0.15) is 10.7 Å². The summed E-state index contributed by atoms with van der Waals surface area (Å²) in [6, 6.07) is 3.33. The molecule has 3 rings (SSSR count). The van der Waals surface area contributed by atoms with Gasteiger partial charge in [-0.2, -0.15) is 4.31 Å². The SMILES string of the molecule is NC1CC2CCC(C1)N2S(=O)(=O)c1ccc(F)cc1Cl. The Labute approximate surface area is 122 Å². The lowest BCUT2D eigenvalue weighted by atomic mass is 10.0. The first-order valence-corrected chi connectivity index (χ1v) is 8.45. The second-order valence-electron chi connectivity index (χ2n) is 5.53. The number of rotatable bonds is 2. The normalized spacial score (nSPS) is 30.6. The topological polar surface area (TPSA) is 63.4 Å².